The summed E-state index contributed by atoms with van der Waals surface area (Å²) in [5, 5.41) is 11.5. The molecule has 0 bridgehead atoms. The molecule has 2 rings (SSSR count). The van der Waals surface area contributed by atoms with Crippen LogP contribution in [0, 0.1) is 0 Å². The number of nitrogen functional groups attached to an aromatic ring is 1. The monoisotopic (exact) mass is 259 g/mol. The predicted molar refractivity (Wildman–Crippen MR) is 61.7 cm³/mol. The SMILES string of the molecule is CCOc1ccc2c(N)c(C(=O)[O-])sc2c1.[Na+]. The van der Waals surface area contributed by atoms with E-state index in [1.165, 1.54) is 0 Å². The largest absolute Gasteiger partial charge is 1.00 e. The van der Waals surface area contributed by atoms with Gasteiger partial charge in [0.25, 0.3) is 0 Å². The second-order valence-electron chi connectivity index (χ2n) is 3.22. The molecule has 0 atom stereocenters. The maximum Gasteiger partial charge on any atom is 1.00 e. The molecule has 0 aliphatic heterocycles. The van der Waals surface area contributed by atoms with Gasteiger partial charge in [0, 0.05) is 10.1 Å². The Labute approximate surface area is 125 Å². The van der Waals surface area contributed by atoms with Crippen molar-refractivity contribution < 1.29 is 44.2 Å². The summed E-state index contributed by atoms with van der Waals surface area (Å²) >= 11 is 1.10. The van der Waals surface area contributed by atoms with Crippen molar-refractivity contribution >= 4 is 33.1 Å². The molecule has 17 heavy (non-hydrogen) atoms. The molecule has 1 heterocycles. The number of carboxylic acid groups (broad SMARTS) is 1. The van der Waals surface area contributed by atoms with Gasteiger partial charge in [0.2, 0.25) is 0 Å². The molecule has 1 aromatic carbocycles. The number of aromatic carboxylic acids is 1. The number of thiophene rings is 1. The number of carbonyl (C=O) groups is 1. The van der Waals surface area contributed by atoms with Gasteiger partial charge in [0.15, 0.2) is 0 Å². The van der Waals surface area contributed by atoms with Crippen molar-refractivity contribution in [2.45, 2.75) is 6.92 Å². The van der Waals surface area contributed by atoms with Crippen LogP contribution in [-0.2, 0) is 0 Å². The minimum absolute atomic E-state index is 0. The van der Waals surface area contributed by atoms with Gasteiger partial charge in [0.05, 0.1) is 23.1 Å². The van der Waals surface area contributed by atoms with E-state index in [2.05, 4.69) is 0 Å². The Morgan fingerprint density at radius 1 is 1.53 bits per heavy atom. The van der Waals surface area contributed by atoms with Crippen LogP contribution in [0.3, 0.4) is 0 Å². The fourth-order valence-electron chi connectivity index (χ4n) is 1.50. The van der Waals surface area contributed by atoms with Crippen molar-refractivity contribution in [1.29, 1.82) is 0 Å². The summed E-state index contributed by atoms with van der Waals surface area (Å²) in [5.41, 5.74) is 5.98. The van der Waals surface area contributed by atoms with Gasteiger partial charge in [-0.3, -0.25) is 0 Å². The third-order valence-corrected chi connectivity index (χ3v) is 3.34. The molecule has 0 amide bonds. The van der Waals surface area contributed by atoms with Crippen molar-refractivity contribution in [3.05, 3.63) is 23.1 Å². The normalized spacial score (nSPS) is 9.94. The van der Waals surface area contributed by atoms with Crippen molar-refractivity contribution in [3.8, 4) is 5.75 Å². The van der Waals surface area contributed by atoms with Gasteiger partial charge < -0.3 is 20.4 Å². The second kappa shape index (κ2) is 5.73. The maximum absolute atomic E-state index is 10.8. The molecule has 0 unspecified atom stereocenters. The summed E-state index contributed by atoms with van der Waals surface area (Å²) in [6.07, 6.45) is 0. The van der Waals surface area contributed by atoms with Gasteiger partial charge >= 0.3 is 29.6 Å². The first-order valence-electron chi connectivity index (χ1n) is 4.79. The Bertz CT molecular complexity index is 553. The average molecular weight is 259 g/mol. The minimum Gasteiger partial charge on any atom is -0.544 e. The molecule has 2 aromatic rings. The van der Waals surface area contributed by atoms with E-state index in [0.717, 1.165) is 21.4 Å². The number of ether oxygens (including phenoxy) is 1. The van der Waals surface area contributed by atoms with Crippen molar-refractivity contribution in [3.63, 3.8) is 0 Å². The Balaban J connectivity index is 0.00000144. The summed E-state index contributed by atoms with van der Waals surface area (Å²) < 4.78 is 6.12. The molecular formula is C11H10NNaO3S. The molecule has 0 aliphatic carbocycles. The van der Waals surface area contributed by atoms with E-state index in [1.54, 1.807) is 18.2 Å². The number of hydrogen-bond donors (Lipinski definition) is 1. The molecule has 2 N–H and O–H groups in total. The number of hydrogen-bond acceptors (Lipinski definition) is 5. The smallest absolute Gasteiger partial charge is 0.544 e. The molecule has 1 aromatic heterocycles. The van der Waals surface area contributed by atoms with Crippen molar-refractivity contribution in [2.24, 2.45) is 0 Å². The Kier molecular flexibility index (Phi) is 4.82. The Morgan fingerprint density at radius 2 is 2.24 bits per heavy atom. The number of fused-ring (bicyclic) bond motifs is 1. The van der Waals surface area contributed by atoms with Crippen LogP contribution in [0.2, 0.25) is 0 Å². The zero-order chi connectivity index (χ0) is 11.7. The summed E-state index contributed by atoms with van der Waals surface area (Å²) in [7, 11) is 0. The standard InChI is InChI=1S/C11H11NO3S.Na/c1-2-15-6-3-4-7-8(5-6)16-10(9(7)12)11(13)14;/h3-5H,2,12H2,1H3,(H,13,14);/q;+1/p-1. The van der Waals surface area contributed by atoms with E-state index >= 15 is 0 Å². The molecule has 84 valence electrons. The van der Waals surface area contributed by atoms with E-state index in [0.29, 0.717) is 12.4 Å². The van der Waals surface area contributed by atoms with Crippen LogP contribution in [-0.4, -0.2) is 12.6 Å². The summed E-state index contributed by atoms with van der Waals surface area (Å²) in [4.78, 5) is 10.9. The molecule has 6 heteroatoms. The van der Waals surface area contributed by atoms with Crippen LogP contribution in [0.5, 0.6) is 5.75 Å². The number of benzene rings is 1. The van der Waals surface area contributed by atoms with Gasteiger partial charge in [-0.15, -0.1) is 11.3 Å². The Morgan fingerprint density at radius 3 is 2.82 bits per heavy atom. The Hall–Kier alpha value is -0.750. The zero-order valence-electron chi connectivity index (χ0n) is 9.65. The summed E-state index contributed by atoms with van der Waals surface area (Å²) in [5.74, 6) is -0.530. The van der Waals surface area contributed by atoms with E-state index < -0.39 is 5.97 Å². The number of nitrogens with two attached hydrogens (primary N) is 1. The van der Waals surface area contributed by atoms with Crippen LogP contribution < -0.4 is 45.1 Å². The number of carbonyl (C=O) groups excluding carboxylic acids is 1. The van der Waals surface area contributed by atoms with Crippen molar-refractivity contribution in [1.82, 2.24) is 0 Å². The maximum atomic E-state index is 10.8. The quantitative estimate of drug-likeness (QED) is 0.663. The number of anilines is 1. The summed E-state index contributed by atoms with van der Waals surface area (Å²) in [6, 6.07) is 5.32. The first kappa shape index (κ1) is 14.3. The molecule has 0 radical (unpaired) electrons. The average Bonchev–Trinajstić information content (AvgIpc) is 2.56. The van der Waals surface area contributed by atoms with E-state index in [1.807, 2.05) is 6.92 Å². The summed E-state index contributed by atoms with van der Waals surface area (Å²) in [6.45, 7) is 2.46. The van der Waals surface area contributed by atoms with Crippen LogP contribution in [0.15, 0.2) is 18.2 Å². The van der Waals surface area contributed by atoms with E-state index in [4.69, 9.17) is 10.5 Å². The fourth-order valence-corrected chi connectivity index (χ4v) is 2.49. The molecule has 0 saturated heterocycles. The van der Waals surface area contributed by atoms with Crippen molar-refractivity contribution in [2.75, 3.05) is 12.3 Å². The molecule has 0 fully saturated rings. The van der Waals surface area contributed by atoms with Crippen LogP contribution in [0.1, 0.15) is 16.6 Å². The second-order valence-corrected chi connectivity index (χ2v) is 4.28. The third kappa shape index (κ3) is 2.74. The molecule has 0 spiro atoms. The molecule has 0 aliphatic rings. The molecule has 4 nitrogen and oxygen atoms in total. The van der Waals surface area contributed by atoms with Crippen LogP contribution in [0.25, 0.3) is 10.1 Å². The topological polar surface area (TPSA) is 75.4 Å². The van der Waals surface area contributed by atoms with E-state index in [-0.39, 0.29) is 40.1 Å². The number of carboxylic acids is 1. The van der Waals surface area contributed by atoms with E-state index in [9.17, 15) is 9.90 Å². The zero-order valence-corrected chi connectivity index (χ0v) is 12.5. The van der Waals surface area contributed by atoms with Crippen LogP contribution in [0.4, 0.5) is 5.69 Å². The van der Waals surface area contributed by atoms with Gasteiger partial charge in [-0.05, 0) is 25.1 Å². The first-order valence-corrected chi connectivity index (χ1v) is 5.61. The van der Waals surface area contributed by atoms with Gasteiger partial charge in [0.1, 0.15) is 5.75 Å². The third-order valence-electron chi connectivity index (χ3n) is 2.20. The van der Waals surface area contributed by atoms with Gasteiger partial charge in [-0.1, -0.05) is 0 Å². The molecule has 0 saturated carbocycles. The first-order chi connectivity index (χ1) is 7.63. The molecular weight excluding hydrogens is 249 g/mol. The minimum atomic E-state index is -1.24. The van der Waals surface area contributed by atoms with Crippen LogP contribution >= 0.6 is 11.3 Å². The number of rotatable bonds is 3. The fraction of sp³-hybridized carbons (Fsp3) is 0.182. The van der Waals surface area contributed by atoms with Gasteiger partial charge in [-0.2, -0.15) is 0 Å². The predicted octanol–water partition coefficient (Wildman–Crippen LogP) is -1.75. The van der Waals surface area contributed by atoms with Gasteiger partial charge in [-0.25, -0.2) is 0 Å².